The second-order valence-electron chi connectivity index (χ2n) is 6.63. The summed E-state index contributed by atoms with van der Waals surface area (Å²) in [6.45, 7) is 6.31. The molecule has 32 heavy (non-hydrogen) atoms. The molecule has 0 fully saturated rings. The molecule has 0 aliphatic heterocycles. The Kier molecular flexibility index (Phi) is 6.72. The number of hydrogen-bond acceptors (Lipinski definition) is 10. The number of anilines is 2. The van der Waals surface area contributed by atoms with Crippen LogP contribution in [0.4, 0.5) is 10.8 Å². The number of carbonyl (C=O) groups excluding carboxylic acids is 1. The third-order valence-electron chi connectivity index (χ3n) is 4.50. The minimum Gasteiger partial charge on any atom is -0.492 e. The van der Waals surface area contributed by atoms with Crippen molar-refractivity contribution in [1.82, 2.24) is 19.9 Å². The maximum Gasteiger partial charge on any atom is 0.281 e. The molecule has 0 radical (unpaired) electrons. The van der Waals surface area contributed by atoms with E-state index in [4.69, 9.17) is 4.74 Å². The van der Waals surface area contributed by atoms with Crippen LogP contribution in [-0.4, -0.2) is 38.1 Å². The number of carbonyl (C=O) groups is 1. The molecule has 1 aromatic carbocycles. The monoisotopic (exact) mass is 488 g/mol. The summed E-state index contributed by atoms with van der Waals surface area (Å²) in [5.74, 6) is 0.469. The van der Waals surface area contributed by atoms with Gasteiger partial charge in [0, 0.05) is 4.88 Å². The Morgan fingerprint density at radius 2 is 2.03 bits per heavy atom. The van der Waals surface area contributed by atoms with E-state index in [1.165, 1.54) is 40.8 Å². The predicted octanol–water partition coefficient (Wildman–Crippen LogP) is 3.93. The van der Waals surface area contributed by atoms with Crippen LogP contribution in [0.1, 0.15) is 17.4 Å². The molecule has 166 valence electrons. The van der Waals surface area contributed by atoms with Gasteiger partial charge in [0.05, 0.1) is 23.4 Å². The second kappa shape index (κ2) is 9.67. The zero-order chi connectivity index (χ0) is 22.7. The molecule has 0 aliphatic rings. The molecule has 3 aromatic heterocycles. The van der Waals surface area contributed by atoms with Gasteiger partial charge in [0.25, 0.3) is 5.56 Å². The van der Waals surface area contributed by atoms with Crippen molar-refractivity contribution in [3.8, 4) is 5.75 Å². The molecule has 1 amide bonds. The van der Waals surface area contributed by atoms with E-state index in [2.05, 4.69) is 25.9 Å². The zero-order valence-electron chi connectivity index (χ0n) is 17.5. The molecule has 0 spiro atoms. The number of benzene rings is 1. The molecule has 0 saturated carbocycles. The first kappa shape index (κ1) is 22.2. The van der Waals surface area contributed by atoms with Crippen LogP contribution < -0.4 is 21.0 Å². The smallest absolute Gasteiger partial charge is 0.281 e. The largest absolute Gasteiger partial charge is 0.492 e. The van der Waals surface area contributed by atoms with Gasteiger partial charge in [-0.25, -0.2) is 9.66 Å². The lowest BCUT2D eigenvalue weighted by molar-refractivity contribution is -0.114. The van der Waals surface area contributed by atoms with Gasteiger partial charge in [-0.15, -0.1) is 21.5 Å². The summed E-state index contributed by atoms with van der Waals surface area (Å²) in [5.41, 5.74) is 3.98. The summed E-state index contributed by atoms with van der Waals surface area (Å²) in [5, 5.41) is 12.5. The molecule has 12 heteroatoms. The number of fused-ring (bicyclic) bond motifs is 1. The highest BCUT2D eigenvalue weighted by atomic mass is 32.2. The van der Waals surface area contributed by atoms with Crippen molar-refractivity contribution in [2.24, 2.45) is 0 Å². The van der Waals surface area contributed by atoms with Crippen molar-refractivity contribution in [2.75, 3.05) is 23.1 Å². The molecule has 9 nitrogen and oxygen atoms in total. The number of para-hydroxylation sites is 2. The number of rotatable bonds is 8. The van der Waals surface area contributed by atoms with Gasteiger partial charge in [0.1, 0.15) is 16.9 Å². The van der Waals surface area contributed by atoms with E-state index in [9.17, 15) is 9.59 Å². The van der Waals surface area contributed by atoms with Crippen molar-refractivity contribution < 1.29 is 9.53 Å². The molecule has 3 heterocycles. The minimum atomic E-state index is -0.339. The number of aryl methyl sites for hydroxylation is 2. The molecule has 0 atom stereocenters. The minimum absolute atomic E-state index is 0.0797. The first-order valence-electron chi connectivity index (χ1n) is 9.68. The number of thioether (sulfide) groups is 1. The molecule has 0 unspecified atom stereocenters. The van der Waals surface area contributed by atoms with Gasteiger partial charge in [-0.3, -0.25) is 15.0 Å². The maximum absolute atomic E-state index is 12.7. The number of ether oxygens (including phenoxy) is 1. The first-order valence-corrected chi connectivity index (χ1v) is 12.3. The zero-order valence-corrected chi connectivity index (χ0v) is 20.0. The van der Waals surface area contributed by atoms with Crippen molar-refractivity contribution in [3.05, 3.63) is 51.4 Å². The maximum atomic E-state index is 12.7. The number of aromatic nitrogens is 4. The highest BCUT2D eigenvalue weighted by Crippen LogP contribution is 2.31. The Hall–Kier alpha value is -2.96. The summed E-state index contributed by atoms with van der Waals surface area (Å²) in [6.07, 6.45) is 1.34. The van der Waals surface area contributed by atoms with E-state index in [0.717, 1.165) is 26.6 Å². The molecule has 4 aromatic rings. The Balaban J connectivity index is 1.38. The molecular formula is C20H20N6O3S3. The van der Waals surface area contributed by atoms with Crippen LogP contribution in [0.5, 0.6) is 5.75 Å². The summed E-state index contributed by atoms with van der Waals surface area (Å²) in [7, 11) is 0. The summed E-state index contributed by atoms with van der Waals surface area (Å²) in [6, 6.07) is 7.57. The fourth-order valence-corrected chi connectivity index (χ4v) is 5.44. The first-order chi connectivity index (χ1) is 15.5. The van der Waals surface area contributed by atoms with Gasteiger partial charge in [-0.2, -0.15) is 0 Å². The van der Waals surface area contributed by atoms with E-state index in [0.29, 0.717) is 26.3 Å². The van der Waals surface area contributed by atoms with Crippen LogP contribution in [0.2, 0.25) is 0 Å². The van der Waals surface area contributed by atoms with Crippen LogP contribution >= 0.6 is 34.4 Å². The quantitative estimate of drug-likeness (QED) is 0.359. The molecule has 0 bridgehead atoms. The number of thiophene rings is 1. The lowest BCUT2D eigenvalue weighted by Crippen LogP contribution is -2.34. The van der Waals surface area contributed by atoms with E-state index in [1.54, 1.807) is 0 Å². The molecule has 2 N–H and O–H groups in total. The molecule has 0 saturated heterocycles. The van der Waals surface area contributed by atoms with E-state index in [-0.39, 0.29) is 17.2 Å². The fraction of sp³-hybridized carbons (Fsp3) is 0.250. The van der Waals surface area contributed by atoms with Gasteiger partial charge in [-0.05, 0) is 38.5 Å². The summed E-state index contributed by atoms with van der Waals surface area (Å²) < 4.78 is 7.35. The number of nitrogens with one attached hydrogen (secondary N) is 2. The number of nitrogens with zero attached hydrogens (tertiary/aromatic N) is 4. The molecule has 4 rings (SSSR count). The van der Waals surface area contributed by atoms with Gasteiger partial charge < -0.3 is 10.1 Å². The van der Waals surface area contributed by atoms with Gasteiger partial charge in [-0.1, -0.05) is 35.2 Å². The van der Waals surface area contributed by atoms with E-state index < -0.39 is 0 Å². The van der Waals surface area contributed by atoms with Crippen LogP contribution in [0.15, 0.2) is 39.7 Å². The third-order valence-corrected chi connectivity index (χ3v) is 7.58. The Labute approximate surface area is 195 Å². The summed E-state index contributed by atoms with van der Waals surface area (Å²) in [4.78, 5) is 31.1. The molecule has 0 aliphatic carbocycles. The number of hydrogen-bond donors (Lipinski definition) is 2. The highest BCUT2D eigenvalue weighted by molar-refractivity contribution is 8.01. The lowest BCUT2D eigenvalue weighted by atomic mass is 10.2. The van der Waals surface area contributed by atoms with Gasteiger partial charge in [0.2, 0.25) is 11.0 Å². The van der Waals surface area contributed by atoms with Crippen molar-refractivity contribution >= 4 is 61.4 Å². The lowest BCUT2D eigenvalue weighted by Gasteiger charge is -2.09. The average molecular weight is 489 g/mol. The van der Waals surface area contributed by atoms with E-state index >= 15 is 0 Å². The topological polar surface area (TPSA) is 111 Å². The van der Waals surface area contributed by atoms with Crippen molar-refractivity contribution in [2.45, 2.75) is 25.1 Å². The Morgan fingerprint density at radius 3 is 2.84 bits per heavy atom. The standard InChI is InChI=1S/C20H20N6O3S3/c1-4-29-14-8-6-5-7-13(14)22-19-23-24-20(32-19)30-9-15(27)25-26-10-21-17-16(18(26)28)11(2)12(3)31-17/h5-8,10H,4,9H2,1-3H3,(H,22,23)(H,25,27). The normalized spacial score (nSPS) is 11.0. The van der Waals surface area contributed by atoms with Crippen LogP contribution in [0.25, 0.3) is 10.2 Å². The average Bonchev–Trinajstić information content (AvgIpc) is 3.34. The summed E-state index contributed by atoms with van der Waals surface area (Å²) >= 11 is 4.03. The highest BCUT2D eigenvalue weighted by Gasteiger charge is 2.14. The van der Waals surface area contributed by atoms with Crippen molar-refractivity contribution in [3.63, 3.8) is 0 Å². The Morgan fingerprint density at radius 1 is 1.22 bits per heavy atom. The van der Waals surface area contributed by atoms with Crippen LogP contribution in [0, 0.1) is 13.8 Å². The third kappa shape index (κ3) is 4.76. The molecular weight excluding hydrogens is 468 g/mol. The SMILES string of the molecule is CCOc1ccccc1Nc1nnc(SCC(=O)Nn2cnc3sc(C)c(C)c3c2=O)s1. The fourth-order valence-electron chi connectivity index (χ4n) is 2.89. The van der Waals surface area contributed by atoms with Crippen LogP contribution in [-0.2, 0) is 4.79 Å². The second-order valence-corrected chi connectivity index (χ2v) is 10.0. The van der Waals surface area contributed by atoms with Crippen molar-refractivity contribution in [1.29, 1.82) is 0 Å². The Bertz CT molecular complexity index is 1330. The van der Waals surface area contributed by atoms with E-state index in [1.807, 2.05) is 45.0 Å². The van der Waals surface area contributed by atoms with Gasteiger partial charge in [0.15, 0.2) is 4.34 Å². The predicted molar refractivity (Wildman–Crippen MR) is 129 cm³/mol. The number of amides is 1. The van der Waals surface area contributed by atoms with Gasteiger partial charge >= 0.3 is 0 Å². The van der Waals surface area contributed by atoms with Crippen LogP contribution in [0.3, 0.4) is 0 Å².